The fourth-order valence-electron chi connectivity index (χ4n) is 3.06. The molecular formula is C18H20BrN. The van der Waals surface area contributed by atoms with Crippen molar-refractivity contribution in [2.24, 2.45) is 0 Å². The van der Waals surface area contributed by atoms with Crippen molar-refractivity contribution in [1.29, 1.82) is 0 Å². The van der Waals surface area contributed by atoms with E-state index in [1.807, 2.05) is 0 Å². The molecule has 0 saturated carbocycles. The Morgan fingerprint density at radius 3 is 2.70 bits per heavy atom. The van der Waals surface area contributed by atoms with Gasteiger partial charge in [0.25, 0.3) is 0 Å². The lowest BCUT2D eigenvalue weighted by molar-refractivity contribution is 0.413. The molecular weight excluding hydrogens is 310 g/mol. The molecule has 0 saturated heterocycles. The van der Waals surface area contributed by atoms with Gasteiger partial charge in [0, 0.05) is 16.6 Å². The highest BCUT2D eigenvalue weighted by Crippen LogP contribution is 2.26. The van der Waals surface area contributed by atoms with Crippen LogP contribution in [0.5, 0.6) is 0 Å². The molecule has 0 spiro atoms. The van der Waals surface area contributed by atoms with E-state index in [0.29, 0.717) is 12.1 Å². The Morgan fingerprint density at radius 2 is 1.90 bits per heavy atom. The Balaban J connectivity index is 1.67. The van der Waals surface area contributed by atoms with Crippen LogP contribution in [0.25, 0.3) is 0 Å². The van der Waals surface area contributed by atoms with Gasteiger partial charge in [-0.1, -0.05) is 52.3 Å². The van der Waals surface area contributed by atoms with Gasteiger partial charge in [-0.15, -0.1) is 0 Å². The third-order valence-electron chi connectivity index (χ3n) is 4.18. The van der Waals surface area contributed by atoms with Crippen LogP contribution in [0.1, 0.15) is 36.1 Å². The van der Waals surface area contributed by atoms with E-state index < -0.39 is 0 Å². The first-order valence-electron chi connectivity index (χ1n) is 7.30. The van der Waals surface area contributed by atoms with Crippen LogP contribution >= 0.6 is 15.9 Å². The second kappa shape index (κ2) is 6.11. The Bertz CT molecular complexity index is 579. The summed E-state index contributed by atoms with van der Waals surface area (Å²) in [6.07, 6.45) is 3.54. The fraction of sp³-hybridized carbons (Fsp3) is 0.333. The molecule has 0 amide bonds. The monoisotopic (exact) mass is 329 g/mol. The molecule has 2 heteroatoms. The smallest absolute Gasteiger partial charge is 0.0294 e. The zero-order valence-electron chi connectivity index (χ0n) is 11.8. The Morgan fingerprint density at radius 1 is 1.10 bits per heavy atom. The number of aryl methyl sites for hydroxylation is 1. The number of hydrogen-bond donors (Lipinski definition) is 1. The van der Waals surface area contributed by atoms with Crippen molar-refractivity contribution in [2.75, 3.05) is 0 Å². The summed E-state index contributed by atoms with van der Waals surface area (Å²) in [4.78, 5) is 0. The Labute approximate surface area is 129 Å². The first kappa shape index (κ1) is 13.8. The van der Waals surface area contributed by atoms with E-state index in [0.717, 1.165) is 6.42 Å². The number of benzene rings is 2. The summed E-state index contributed by atoms with van der Waals surface area (Å²) in [7, 11) is 0. The number of hydrogen-bond acceptors (Lipinski definition) is 1. The molecule has 2 unspecified atom stereocenters. The standard InChI is InChI=1S/C18H20BrN/c1-13(14-5-3-2-4-6-14)20-18-10-8-15-11-17(19)9-7-16(15)12-18/h2-7,9,11,13,18,20H,8,10,12H2,1H3. The first-order valence-corrected chi connectivity index (χ1v) is 8.10. The van der Waals surface area contributed by atoms with E-state index in [1.54, 1.807) is 0 Å². The summed E-state index contributed by atoms with van der Waals surface area (Å²) in [5, 5.41) is 3.78. The van der Waals surface area contributed by atoms with Gasteiger partial charge >= 0.3 is 0 Å². The molecule has 1 aliphatic carbocycles. The summed E-state index contributed by atoms with van der Waals surface area (Å²) < 4.78 is 1.19. The minimum Gasteiger partial charge on any atom is -0.307 e. The van der Waals surface area contributed by atoms with Crippen LogP contribution in [0, 0.1) is 0 Å². The average Bonchev–Trinajstić information content (AvgIpc) is 2.48. The zero-order valence-corrected chi connectivity index (χ0v) is 13.4. The van der Waals surface area contributed by atoms with Crippen LogP contribution in [0.2, 0.25) is 0 Å². The van der Waals surface area contributed by atoms with Crippen molar-refractivity contribution >= 4 is 15.9 Å². The maximum absolute atomic E-state index is 3.78. The van der Waals surface area contributed by atoms with Gasteiger partial charge in [-0.05, 0) is 55.0 Å². The van der Waals surface area contributed by atoms with Gasteiger partial charge in [-0.3, -0.25) is 0 Å². The lowest BCUT2D eigenvalue weighted by Gasteiger charge is -2.28. The van der Waals surface area contributed by atoms with Gasteiger partial charge in [-0.25, -0.2) is 0 Å². The summed E-state index contributed by atoms with van der Waals surface area (Å²) >= 11 is 3.56. The highest BCUT2D eigenvalue weighted by Gasteiger charge is 2.20. The second-order valence-electron chi connectivity index (χ2n) is 5.65. The van der Waals surface area contributed by atoms with Crippen LogP contribution < -0.4 is 5.32 Å². The quantitative estimate of drug-likeness (QED) is 0.863. The van der Waals surface area contributed by atoms with Gasteiger partial charge in [0.05, 0.1) is 0 Å². The summed E-state index contributed by atoms with van der Waals surface area (Å²) in [6.45, 7) is 2.26. The molecule has 104 valence electrons. The molecule has 2 atom stereocenters. The molecule has 0 bridgehead atoms. The van der Waals surface area contributed by atoms with Gasteiger partial charge in [-0.2, -0.15) is 0 Å². The van der Waals surface area contributed by atoms with Crippen molar-refractivity contribution < 1.29 is 0 Å². The molecule has 1 N–H and O–H groups in total. The number of rotatable bonds is 3. The maximum atomic E-state index is 3.78. The van der Waals surface area contributed by atoms with Crippen LogP contribution in [-0.4, -0.2) is 6.04 Å². The van der Waals surface area contributed by atoms with E-state index in [1.165, 1.54) is 34.0 Å². The zero-order chi connectivity index (χ0) is 13.9. The SMILES string of the molecule is CC(NC1CCc2cc(Br)ccc2C1)c1ccccc1. The van der Waals surface area contributed by atoms with E-state index in [9.17, 15) is 0 Å². The van der Waals surface area contributed by atoms with Crippen molar-refractivity contribution in [3.63, 3.8) is 0 Å². The topological polar surface area (TPSA) is 12.0 Å². The Kier molecular flexibility index (Phi) is 4.23. The highest BCUT2D eigenvalue weighted by molar-refractivity contribution is 9.10. The summed E-state index contributed by atoms with van der Waals surface area (Å²) in [5.41, 5.74) is 4.37. The summed E-state index contributed by atoms with van der Waals surface area (Å²) in [5.74, 6) is 0. The van der Waals surface area contributed by atoms with E-state index in [4.69, 9.17) is 0 Å². The predicted molar refractivity (Wildman–Crippen MR) is 87.9 cm³/mol. The Hall–Kier alpha value is -1.12. The van der Waals surface area contributed by atoms with Crippen molar-refractivity contribution in [1.82, 2.24) is 5.32 Å². The maximum Gasteiger partial charge on any atom is 0.0294 e. The molecule has 0 aliphatic heterocycles. The number of nitrogens with one attached hydrogen (secondary N) is 1. The lowest BCUT2D eigenvalue weighted by Crippen LogP contribution is -2.36. The fourth-order valence-corrected chi connectivity index (χ4v) is 3.47. The molecule has 0 fully saturated rings. The molecule has 0 heterocycles. The third kappa shape index (κ3) is 3.13. The van der Waals surface area contributed by atoms with Crippen LogP contribution in [0.3, 0.4) is 0 Å². The molecule has 1 nitrogen and oxygen atoms in total. The van der Waals surface area contributed by atoms with E-state index in [-0.39, 0.29) is 0 Å². The van der Waals surface area contributed by atoms with E-state index >= 15 is 0 Å². The molecule has 0 radical (unpaired) electrons. The molecule has 20 heavy (non-hydrogen) atoms. The average molecular weight is 330 g/mol. The van der Waals surface area contributed by atoms with Gasteiger partial charge in [0.2, 0.25) is 0 Å². The summed E-state index contributed by atoms with van der Waals surface area (Å²) in [6, 6.07) is 18.4. The third-order valence-corrected chi connectivity index (χ3v) is 4.68. The minimum absolute atomic E-state index is 0.415. The van der Waals surface area contributed by atoms with Gasteiger partial charge in [0.15, 0.2) is 0 Å². The van der Waals surface area contributed by atoms with Crippen LogP contribution in [0.15, 0.2) is 53.0 Å². The highest BCUT2D eigenvalue weighted by atomic mass is 79.9. The molecule has 1 aliphatic rings. The second-order valence-corrected chi connectivity index (χ2v) is 6.57. The number of fused-ring (bicyclic) bond motifs is 1. The predicted octanol–water partition coefficient (Wildman–Crippen LogP) is 4.66. The molecule has 2 aromatic carbocycles. The normalized spacial score (nSPS) is 19.4. The van der Waals surface area contributed by atoms with Gasteiger partial charge in [0.1, 0.15) is 0 Å². The molecule has 3 rings (SSSR count). The van der Waals surface area contributed by atoms with E-state index in [2.05, 4.69) is 76.7 Å². The largest absolute Gasteiger partial charge is 0.307 e. The number of halogens is 1. The van der Waals surface area contributed by atoms with Crippen molar-refractivity contribution in [2.45, 2.75) is 38.3 Å². The lowest BCUT2D eigenvalue weighted by atomic mass is 9.88. The van der Waals surface area contributed by atoms with Crippen LogP contribution in [0.4, 0.5) is 0 Å². The van der Waals surface area contributed by atoms with Crippen molar-refractivity contribution in [3.8, 4) is 0 Å². The minimum atomic E-state index is 0.415. The van der Waals surface area contributed by atoms with Crippen molar-refractivity contribution in [3.05, 3.63) is 69.7 Å². The molecule has 0 aromatic heterocycles. The van der Waals surface area contributed by atoms with Gasteiger partial charge < -0.3 is 5.32 Å². The first-order chi connectivity index (χ1) is 9.72. The van der Waals surface area contributed by atoms with Crippen LogP contribution in [-0.2, 0) is 12.8 Å². The molecule has 2 aromatic rings.